The maximum absolute atomic E-state index is 11.9. The summed E-state index contributed by atoms with van der Waals surface area (Å²) < 4.78 is 28.6. The van der Waals surface area contributed by atoms with Crippen molar-refractivity contribution in [1.82, 2.24) is 4.98 Å². The molecule has 0 bridgehead atoms. The lowest BCUT2D eigenvalue weighted by molar-refractivity contribution is 0.0215. The number of fused-ring (bicyclic) bond motifs is 1. The van der Waals surface area contributed by atoms with E-state index in [4.69, 9.17) is 9.84 Å². The SMILES string of the molecule is O=C(O)c1cc(NCCOCC(F)F)c2ccccc2n1. The van der Waals surface area contributed by atoms with E-state index in [2.05, 4.69) is 10.3 Å². The van der Waals surface area contributed by atoms with Gasteiger partial charge in [-0.15, -0.1) is 0 Å². The number of aromatic nitrogens is 1. The van der Waals surface area contributed by atoms with Gasteiger partial charge < -0.3 is 15.2 Å². The number of ether oxygens (including phenoxy) is 1. The highest BCUT2D eigenvalue weighted by Crippen LogP contribution is 2.22. The number of carboxylic acids is 1. The number of para-hydroxylation sites is 1. The van der Waals surface area contributed by atoms with Crippen molar-refractivity contribution < 1.29 is 23.4 Å². The zero-order valence-corrected chi connectivity index (χ0v) is 11.1. The van der Waals surface area contributed by atoms with E-state index >= 15 is 0 Å². The molecule has 0 radical (unpaired) electrons. The number of anilines is 1. The number of alkyl halides is 2. The Bertz CT molecular complexity index is 635. The summed E-state index contributed by atoms with van der Waals surface area (Å²) in [6.07, 6.45) is -2.50. The second-order valence-electron chi connectivity index (χ2n) is 4.27. The number of pyridine rings is 1. The molecule has 0 aliphatic rings. The van der Waals surface area contributed by atoms with Gasteiger partial charge in [0.05, 0.1) is 12.1 Å². The molecule has 0 fully saturated rings. The van der Waals surface area contributed by atoms with E-state index < -0.39 is 19.0 Å². The fraction of sp³-hybridized carbons (Fsp3) is 0.286. The lowest BCUT2D eigenvalue weighted by Crippen LogP contribution is -2.14. The highest BCUT2D eigenvalue weighted by molar-refractivity contribution is 5.97. The van der Waals surface area contributed by atoms with Crippen LogP contribution >= 0.6 is 0 Å². The Labute approximate surface area is 119 Å². The highest BCUT2D eigenvalue weighted by atomic mass is 19.3. The summed E-state index contributed by atoms with van der Waals surface area (Å²) in [6, 6.07) is 8.49. The topological polar surface area (TPSA) is 71.5 Å². The molecule has 2 aromatic rings. The van der Waals surface area contributed by atoms with Crippen LogP contribution in [0.5, 0.6) is 0 Å². The number of rotatable bonds is 7. The minimum absolute atomic E-state index is 0.0790. The first-order valence-corrected chi connectivity index (χ1v) is 6.31. The van der Waals surface area contributed by atoms with E-state index in [1.165, 1.54) is 6.07 Å². The second kappa shape index (κ2) is 6.94. The molecule has 1 heterocycles. The second-order valence-corrected chi connectivity index (χ2v) is 4.27. The third-order valence-corrected chi connectivity index (χ3v) is 2.74. The summed E-state index contributed by atoms with van der Waals surface area (Å²) in [5.41, 5.74) is 1.05. The predicted molar refractivity (Wildman–Crippen MR) is 74.0 cm³/mol. The molecule has 0 atom stereocenters. The van der Waals surface area contributed by atoms with E-state index in [9.17, 15) is 13.6 Å². The van der Waals surface area contributed by atoms with Gasteiger partial charge >= 0.3 is 5.97 Å². The molecule has 2 N–H and O–H groups in total. The van der Waals surface area contributed by atoms with Gasteiger partial charge in [-0.25, -0.2) is 18.6 Å². The molecule has 0 aliphatic carbocycles. The largest absolute Gasteiger partial charge is 0.477 e. The van der Waals surface area contributed by atoms with Crippen LogP contribution in [0.3, 0.4) is 0 Å². The van der Waals surface area contributed by atoms with Crippen LogP contribution in [0.4, 0.5) is 14.5 Å². The van der Waals surface area contributed by atoms with Crippen LogP contribution in [0.1, 0.15) is 10.5 Å². The quantitative estimate of drug-likeness (QED) is 0.769. The number of nitrogens with one attached hydrogen (secondary N) is 1. The fourth-order valence-electron chi connectivity index (χ4n) is 1.86. The Kier molecular flexibility index (Phi) is 4.99. The monoisotopic (exact) mass is 296 g/mol. The minimum Gasteiger partial charge on any atom is -0.477 e. The van der Waals surface area contributed by atoms with E-state index in [1.807, 2.05) is 6.07 Å². The zero-order chi connectivity index (χ0) is 15.2. The van der Waals surface area contributed by atoms with Crippen LogP contribution in [0.25, 0.3) is 10.9 Å². The average molecular weight is 296 g/mol. The van der Waals surface area contributed by atoms with Crippen molar-refractivity contribution in [1.29, 1.82) is 0 Å². The molecule has 112 valence electrons. The van der Waals surface area contributed by atoms with Crippen LogP contribution in [0.2, 0.25) is 0 Å². The summed E-state index contributed by atoms with van der Waals surface area (Å²) in [5.74, 6) is -1.13. The van der Waals surface area contributed by atoms with Gasteiger partial charge in [-0.3, -0.25) is 0 Å². The van der Waals surface area contributed by atoms with Crippen molar-refractivity contribution in [3.05, 3.63) is 36.0 Å². The van der Waals surface area contributed by atoms with Gasteiger partial charge in [-0.05, 0) is 12.1 Å². The van der Waals surface area contributed by atoms with Gasteiger partial charge in [0.15, 0.2) is 5.69 Å². The summed E-state index contributed by atoms with van der Waals surface area (Å²) in [4.78, 5) is 15.1. The third-order valence-electron chi connectivity index (χ3n) is 2.74. The molecule has 1 aromatic carbocycles. The van der Waals surface area contributed by atoms with Gasteiger partial charge in [0.2, 0.25) is 0 Å². The number of carbonyl (C=O) groups is 1. The molecular formula is C14H14F2N2O3. The standard InChI is InChI=1S/C14H14F2N2O3/c15-13(16)8-21-6-5-17-11-7-12(14(19)20)18-10-4-2-1-3-9(10)11/h1-4,7,13H,5-6,8H2,(H,17,18)(H,19,20). The van der Waals surface area contributed by atoms with Crippen LogP contribution in [0, 0.1) is 0 Å². The maximum atomic E-state index is 11.9. The normalized spacial score (nSPS) is 11.0. The van der Waals surface area contributed by atoms with Crippen LogP contribution < -0.4 is 5.32 Å². The zero-order valence-electron chi connectivity index (χ0n) is 11.1. The first-order valence-electron chi connectivity index (χ1n) is 6.31. The van der Waals surface area contributed by atoms with Gasteiger partial charge in [0.1, 0.15) is 6.61 Å². The van der Waals surface area contributed by atoms with Crippen LogP contribution in [-0.2, 0) is 4.74 Å². The molecule has 0 saturated heterocycles. The molecular weight excluding hydrogens is 282 g/mol. The molecule has 0 aliphatic heterocycles. The number of aromatic carboxylic acids is 1. The molecule has 0 spiro atoms. The average Bonchev–Trinajstić information content (AvgIpc) is 2.46. The molecule has 21 heavy (non-hydrogen) atoms. The van der Waals surface area contributed by atoms with Gasteiger partial charge in [-0.2, -0.15) is 0 Å². The van der Waals surface area contributed by atoms with Crippen LogP contribution in [0.15, 0.2) is 30.3 Å². The van der Waals surface area contributed by atoms with Gasteiger partial charge in [-0.1, -0.05) is 18.2 Å². The lowest BCUT2D eigenvalue weighted by Gasteiger charge is -2.11. The van der Waals surface area contributed by atoms with E-state index in [0.717, 1.165) is 5.39 Å². The number of hydrogen-bond donors (Lipinski definition) is 2. The smallest absolute Gasteiger partial charge is 0.354 e. The van der Waals surface area contributed by atoms with Crippen molar-refractivity contribution in [3.63, 3.8) is 0 Å². The van der Waals surface area contributed by atoms with E-state index in [1.54, 1.807) is 18.2 Å². The van der Waals surface area contributed by atoms with Crippen molar-refractivity contribution in [2.45, 2.75) is 6.43 Å². The predicted octanol–water partition coefficient (Wildman–Crippen LogP) is 2.63. The van der Waals surface area contributed by atoms with Crippen molar-refractivity contribution in [2.75, 3.05) is 25.1 Å². The first-order chi connectivity index (χ1) is 10.1. The number of nitrogens with zero attached hydrogens (tertiary/aromatic N) is 1. The molecule has 0 unspecified atom stereocenters. The Morgan fingerprint density at radius 3 is 2.86 bits per heavy atom. The van der Waals surface area contributed by atoms with Gasteiger partial charge in [0.25, 0.3) is 6.43 Å². The van der Waals surface area contributed by atoms with Gasteiger partial charge in [0, 0.05) is 17.6 Å². The molecule has 0 amide bonds. The highest BCUT2D eigenvalue weighted by Gasteiger charge is 2.10. The number of hydrogen-bond acceptors (Lipinski definition) is 4. The molecule has 2 rings (SSSR count). The summed E-state index contributed by atoms with van der Waals surface area (Å²) in [6.45, 7) is -0.220. The van der Waals surface area contributed by atoms with E-state index in [0.29, 0.717) is 17.7 Å². The number of halogens is 2. The Hall–Kier alpha value is -2.28. The van der Waals surface area contributed by atoms with Crippen molar-refractivity contribution in [2.24, 2.45) is 0 Å². The van der Waals surface area contributed by atoms with E-state index in [-0.39, 0.29) is 12.3 Å². The number of benzene rings is 1. The molecule has 5 nitrogen and oxygen atoms in total. The van der Waals surface area contributed by atoms with Crippen molar-refractivity contribution in [3.8, 4) is 0 Å². The van der Waals surface area contributed by atoms with Crippen LogP contribution in [-0.4, -0.2) is 42.2 Å². The Morgan fingerprint density at radius 2 is 2.14 bits per heavy atom. The third kappa shape index (κ3) is 4.09. The minimum atomic E-state index is -2.50. The Morgan fingerprint density at radius 1 is 1.38 bits per heavy atom. The summed E-state index contributed by atoms with van der Waals surface area (Å²) >= 11 is 0. The Balaban J connectivity index is 2.12. The number of carboxylic acid groups (broad SMARTS) is 1. The molecule has 1 aromatic heterocycles. The molecule has 7 heteroatoms. The summed E-state index contributed by atoms with van der Waals surface area (Å²) in [7, 11) is 0. The van der Waals surface area contributed by atoms with Crippen molar-refractivity contribution >= 4 is 22.6 Å². The molecule has 0 saturated carbocycles. The summed E-state index contributed by atoms with van der Waals surface area (Å²) in [5, 5.41) is 12.8. The fourth-order valence-corrected chi connectivity index (χ4v) is 1.86. The lowest BCUT2D eigenvalue weighted by atomic mass is 10.1. The maximum Gasteiger partial charge on any atom is 0.354 e. The first kappa shape index (κ1) is 15.1.